The summed E-state index contributed by atoms with van der Waals surface area (Å²) in [6.07, 6.45) is 9.60. The molecule has 14 heavy (non-hydrogen) atoms. The summed E-state index contributed by atoms with van der Waals surface area (Å²) in [4.78, 5) is 0. The van der Waals surface area contributed by atoms with Crippen molar-refractivity contribution in [2.24, 2.45) is 5.92 Å². The van der Waals surface area contributed by atoms with Crippen molar-refractivity contribution < 1.29 is 4.74 Å². The van der Waals surface area contributed by atoms with Gasteiger partial charge in [0.15, 0.2) is 0 Å². The van der Waals surface area contributed by atoms with E-state index in [0.29, 0.717) is 0 Å². The van der Waals surface area contributed by atoms with Gasteiger partial charge in [0, 0.05) is 19.3 Å². The molecule has 1 unspecified atom stereocenters. The van der Waals surface area contributed by atoms with Gasteiger partial charge in [-0.3, -0.25) is 0 Å². The Kier molecular flexibility index (Phi) is 4.26. The fourth-order valence-corrected chi connectivity index (χ4v) is 2.38. The Hall–Kier alpha value is -0.0800. The molecule has 0 spiro atoms. The lowest BCUT2D eigenvalue weighted by molar-refractivity contribution is 0.142. The molecule has 0 bridgehead atoms. The molecule has 2 heteroatoms. The van der Waals surface area contributed by atoms with Crippen molar-refractivity contribution in [2.75, 3.05) is 19.8 Å². The number of hydrogen-bond acceptors (Lipinski definition) is 2. The van der Waals surface area contributed by atoms with E-state index in [2.05, 4.69) is 5.32 Å². The molecule has 1 saturated heterocycles. The van der Waals surface area contributed by atoms with E-state index >= 15 is 0 Å². The summed E-state index contributed by atoms with van der Waals surface area (Å²) in [6.45, 7) is 3.16. The van der Waals surface area contributed by atoms with Crippen LogP contribution in [-0.4, -0.2) is 25.8 Å². The zero-order chi connectivity index (χ0) is 9.64. The van der Waals surface area contributed by atoms with Crippen LogP contribution in [0.15, 0.2) is 0 Å². The zero-order valence-corrected chi connectivity index (χ0v) is 9.13. The fraction of sp³-hybridized carbons (Fsp3) is 1.00. The fourth-order valence-electron chi connectivity index (χ4n) is 2.38. The van der Waals surface area contributed by atoms with Crippen LogP contribution in [0.3, 0.4) is 0 Å². The highest BCUT2D eigenvalue weighted by atomic mass is 16.5. The molecule has 1 N–H and O–H groups in total. The van der Waals surface area contributed by atoms with Crippen molar-refractivity contribution in [1.82, 2.24) is 5.32 Å². The van der Waals surface area contributed by atoms with Crippen molar-refractivity contribution in [1.29, 1.82) is 0 Å². The molecule has 2 aliphatic rings. The van der Waals surface area contributed by atoms with E-state index in [1.54, 1.807) is 0 Å². The minimum atomic E-state index is 0.734. The second-order valence-electron chi connectivity index (χ2n) is 4.78. The Morgan fingerprint density at radius 3 is 2.71 bits per heavy atom. The van der Waals surface area contributed by atoms with Crippen molar-refractivity contribution >= 4 is 0 Å². The van der Waals surface area contributed by atoms with Gasteiger partial charge in [0.1, 0.15) is 0 Å². The predicted octanol–water partition coefficient (Wildman–Crippen LogP) is 2.34. The van der Waals surface area contributed by atoms with Crippen LogP contribution in [-0.2, 0) is 4.74 Å². The molecule has 1 heterocycles. The maximum Gasteiger partial charge on any atom is 0.0480 e. The summed E-state index contributed by atoms with van der Waals surface area (Å²) < 4.78 is 5.44. The lowest BCUT2D eigenvalue weighted by Gasteiger charge is -2.26. The van der Waals surface area contributed by atoms with Gasteiger partial charge >= 0.3 is 0 Å². The molecule has 0 aromatic heterocycles. The van der Waals surface area contributed by atoms with Crippen LogP contribution in [0.25, 0.3) is 0 Å². The molecule has 0 aromatic rings. The first-order chi connectivity index (χ1) is 6.95. The van der Waals surface area contributed by atoms with Crippen LogP contribution >= 0.6 is 0 Å². The molecule has 0 amide bonds. The molecule has 1 saturated carbocycles. The topological polar surface area (TPSA) is 21.3 Å². The highest BCUT2D eigenvalue weighted by molar-refractivity contribution is 4.73. The van der Waals surface area contributed by atoms with Crippen LogP contribution in [0.5, 0.6) is 0 Å². The highest BCUT2D eigenvalue weighted by Gasteiger charge is 2.17. The van der Waals surface area contributed by atoms with Gasteiger partial charge in [-0.15, -0.1) is 0 Å². The van der Waals surface area contributed by atoms with Gasteiger partial charge in [-0.2, -0.15) is 0 Å². The van der Waals surface area contributed by atoms with Crippen LogP contribution in [0.4, 0.5) is 0 Å². The van der Waals surface area contributed by atoms with Crippen molar-refractivity contribution in [3.05, 3.63) is 0 Å². The average molecular weight is 197 g/mol. The van der Waals surface area contributed by atoms with Gasteiger partial charge in [-0.1, -0.05) is 19.3 Å². The van der Waals surface area contributed by atoms with E-state index in [0.717, 1.165) is 25.2 Å². The monoisotopic (exact) mass is 197 g/mol. The van der Waals surface area contributed by atoms with E-state index in [-0.39, 0.29) is 0 Å². The van der Waals surface area contributed by atoms with Gasteiger partial charge < -0.3 is 10.1 Å². The Labute approximate surface area is 87.4 Å². The van der Waals surface area contributed by atoms with Crippen molar-refractivity contribution in [3.8, 4) is 0 Å². The lowest BCUT2D eigenvalue weighted by atomic mass is 9.83. The van der Waals surface area contributed by atoms with Crippen molar-refractivity contribution in [2.45, 2.75) is 51.0 Å². The Bertz CT molecular complexity index is 148. The van der Waals surface area contributed by atoms with Crippen LogP contribution in [0, 0.1) is 5.92 Å². The number of rotatable bonds is 4. The minimum Gasteiger partial charge on any atom is -0.381 e. The summed E-state index contributed by atoms with van der Waals surface area (Å²) in [5, 5.41) is 3.68. The van der Waals surface area contributed by atoms with E-state index in [1.165, 1.54) is 51.5 Å². The molecule has 0 aromatic carbocycles. The summed E-state index contributed by atoms with van der Waals surface area (Å²) in [5.41, 5.74) is 0. The molecule has 2 nitrogen and oxygen atoms in total. The summed E-state index contributed by atoms with van der Waals surface area (Å²) in [7, 11) is 0. The number of hydrogen-bond donors (Lipinski definition) is 1. The molecule has 1 atom stereocenters. The Morgan fingerprint density at radius 1 is 1.00 bits per heavy atom. The van der Waals surface area contributed by atoms with E-state index < -0.39 is 0 Å². The van der Waals surface area contributed by atoms with Crippen LogP contribution in [0.2, 0.25) is 0 Å². The third-order valence-electron chi connectivity index (χ3n) is 3.66. The quantitative estimate of drug-likeness (QED) is 0.747. The first kappa shape index (κ1) is 10.4. The van der Waals surface area contributed by atoms with Gasteiger partial charge in [0.25, 0.3) is 0 Å². The maximum absolute atomic E-state index is 5.44. The highest BCUT2D eigenvalue weighted by Crippen LogP contribution is 2.28. The van der Waals surface area contributed by atoms with Crippen LogP contribution in [0.1, 0.15) is 44.9 Å². The first-order valence-electron chi connectivity index (χ1n) is 6.26. The predicted molar refractivity (Wildman–Crippen MR) is 58.4 cm³/mol. The molecular weight excluding hydrogens is 174 g/mol. The third-order valence-corrected chi connectivity index (χ3v) is 3.66. The number of nitrogens with one attached hydrogen (secondary N) is 1. The van der Waals surface area contributed by atoms with E-state index in [9.17, 15) is 0 Å². The Morgan fingerprint density at radius 2 is 1.93 bits per heavy atom. The summed E-state index contributed by atoms with van der Waals surface area (Å²) in [6, 6.07) is 0.734. The molecular formula is C12H23NO. The molecule has 1 aliphatic carbocycles. The Balaban J connectivity index is 1.54. The first-order valence-corrected chi connectivity index (χ1v) is 6.26. The molecule has 0 radical (unpaired) electrons. The van der Waals surface area contributed by atoms with Gasteiger partial charge in [-0.05, 0) is 38.1 Å². The van der Waals surface area contributed by atoms with Crippen LogP contribution < -0.4 is 5.32 Å². The summed E-state index contributed by atoms with van der Waals surface area (Å²) >= 11 is 0. The molecule has 2 fully saturated rings. The van der Waals surface area contributed by atoms with Gasteiger partial charge in [0.05, 0.1) is 0 Å². The second kappa shape index (κ2) is 5.72. The largest absolute Gasteiger partial charge is 0.381 e. The maximum atomic E-state index is 5.44. The van der Waals surface area contributed by atoms with Gasteiger partial charge in [0.2, 0.25) is 0 Å². The van der Waals surface area contributed by atoms with E-state index in [4.69, 9.17) is 4.74 Å². The minimum absolute atomic E-state index is 0.734. The molecule has 2 rings (SSSR count). The SMILES string of the molecule is C1CC(CCNC2CCCOCC2)C1. The second-order valence-corrected chi connectivity index (χ2v) is 4.78. The normalized spacial score (nSPS) is 29.6. The smallest absolute Gasteiger partial charge is 0.0480 e. The molecule has 82 valence electrons. The lowest BCUT2D eigenvalue weighted by Crippen LogP contribution is -2.31. The van der Waals surface area contributed by atoms with E-state index in [1.807, 2.05) is 0 Å². The summed E-state index contributed by atoms with van der Waals surface area (Å²) in [5.74, 6) is 1.05. The standard InChI is InChI=1S/C12H23NO/c1-3-11(4-1)6-8-13-12-5-2-9-14-10-7-12/h11-13H,1-10H2. The number of ether oxygens (including phenoxy) is 1. The molecule has 1 aliphatic heterocycles. The average Bonchev–Trinajstić information content (AvgIpc) is 2.37. The third kappa shape index (κ3) is 3.25. The van der Waals surface area contributed by atoms with Gasteiger partial charge in [-0.25, -0.2) is 0 Å². The van der Waals surface area contributed by atoms with Crippen molar-refractivity contribution in [3.63, 3.8) is 0 Å². The zero-order valence-electron chi connectivity index (χ0n) is 9.13.